The molecule has 0 aliphatic carbocycles. The molecule has 2 N–H and O–H groups in total. The van der Waals surface area contributed by atoms with Gasteiger partial charge in [-0.05, 0) is 18.1 Å². The Morgan fingerprint density at radius 3 is 3.00 bits per heavy atom. The summed E-state index contributed by atoms with van der Waals surface area (Å²) in [5, 5.41) is 0. The van der Waals surface area contributed by atoms with Gasteiger partial charge < -0.3 is 10.3 Å². The SMILES string of the molecule is CCC(C)Cn1cncc1-c1cccnc1N. The van der Waals surface area contributed by atoms with Gasteiger partial charge in [-0.25, -0.2) is 9.97 Å². The largest absolute Gasteiger partial charge is 0.383 e. The van der Waals surface area contributed by atoms with E-state index in [0.717, 1.165) is 24.2 Å². The Morgan fingerprint density at radius 2 is 2.29 bits per heavy atom. The first-order chi connectivity index (χ1) is 8.22. The number of aromatic nitrogens is 3. The third kappa shape index (κ3) is 2.46. The zero-order valence-corrected chi connectivity index (χ0v) is 10.3. The van der Waals surface area contributed by atoms with Gasteiger partial charge in [0.2, 0.25) is 0 Å². The maximum absolute atomic E-state index is 5.89. The minimum absolute atomic E-state index is 0.554. The molecule has 2 aromatic heterocycles. The summed E-state index contributed by atoms with van der Waals surface area (Å²) in [7, 11) is 0. The van der Waals surface area contributed by atoms with Crippen LogP contribution in [0.4, 0.5) is 5.82 Å². The summed E-state index contributed by atoms with van der Waals surface area (Å²) < 4.78 is 2.14. The van der Waals surface area contributed by atoms with Crippen LogP contribution in [-0.2, 0) is 6.54 Å². The Balaban J connectivity index is 2.34. The lowest BCUT2D eigenvalue weighted by atomic mass is 10.1. The minimum Gasteiger partial charge on any atom is -0.383 e. The highest BCUT2D eigenvalue weighted by atomic mass is 15.0. The highest BCUT2D eigenvalue weighted by Gasteiger charge is 2.10. The average Bonchev–Trinajstić information content (AvgIpc) is 2.77. The molecule has 2 heterocycles. The molecule has 0 aliphatic rings. The van der Waals surface area contributed by atoms with E-state index in [-0.39, 0.29) is 0 Å². The Hall–Kier alpha value is -1.84. The van der Waals surface area contributed by atoms with E-state index < -0.39 is 0 Å². The van der Waals surface area contributed by atoms with E-state index in [1.54, 1.807) is 6.20 Å². The number of anilines is 1. The summed E-state index contributed by atoms with van der Waals surface area (Å²) in [5.41, 5.74) is 7.88. The fourth-order valence-electron chi connectivity index (χ4n) is 1.79. The molecular formula is C13H18N4. The maximum Gasteiger partial charge on any atom is 0.132 e. The van der Waals surface area contributed by atoms with Gasteiger partial charge >= 0.3 is 0 Å². The van der Waals surface area contributed by atoms with E-state index in [0.29, 0.717) is 11.7 Å². The van der Waals surface area contributed by atoms with Gasteiger partial charge in [0, 0.05) is 18.3 Å². The average molecular weight is 230 g/mol. The number of nitrogens with zero attached hydrogens (tertiary/aromatic N) is 3. The molecule has 4 nitrogen and oxygen atoms in total. The first-order valence-electron chi connectivity index (χ1n) is 5.93. The highest BCUT2D eigenvalue weighted by molar-refractivity contribution is 5.70. The van der Waals surface area contributed by atoms with Crippen molar-refractivity contribution in [2.24, 2.45) is 5.92 Å². The Kier molecular flexibility index (Phi) is 3.42. The first-order valence-corrected chi connectivity index (χ1v) is 5.93. The predicted octanol–water partition coefficient (Wildman–Crippen LogP) is 2.57. The van der Waals surface area contributed by atoms with Crippen LogP contribution in [0.15, 0.2) is 30.9 Å². The molecule has 0 aromatic carbocycles. The van der Waals surface area contributed by atoms with E-state index in [9.17, 15) is 0 Å². The monoisotopic (exact) mass is 230 g/mol. The van der Waals surface area contributed by atoms with E-state index in [1.807, 2.05) is 24.7 Å². The number of imidazole rings is 1. The number of rotatable bonds is 4. The molecule has 4 heteroatoms. The highest BCUT2D eigenvalue weighted by Crippen LogP contribution is 2.24. The molecule has 0 aliphatic heterocycles. The van der Waals surface area contributed by atoms with Gasteiger partial charge in [-0.2, -0.15) is 0 Å². The molecule has 1 atom stereocenters. The van der Waals surface area contributed by atoms with Crippen molar-refractivity contribution >= 4 is 5.82 Å². The fraction of sp³-hybridized carbons (Fsp3) is 0.385. The molecule has 0 fully saturated rings. The van der Waals surface area contributed by atoms with Crippen LogP contribution in [0.25, 0.3) is 11.3 Å². The summed E-state index contributed by atoms with van der Waals surface area (Å²) in [6, 6.07) is 3.87. The Bertz CT molecular complexity index is 490. The molecule has 90 valence electrons. The second-order valence-corrected chi connectivity index (χ2v) is 4.38. The van der Waals surface area contributed by atoms with Gasteiger partial charge in [-0.15, -0.1) is 0 Å². The van der Waals surface area contributed by atoms with Crippen molar-refractivity contribution in [1.82, 2.24) is 14.5 Å². The molecule has 0 spiro atoms. The quantitative estimate of drug-likeness (QED) is 0.878. The second-order valence-electron chi connectivity index (χ2n) is 4.38. The van der Waals surface area contributed by atoms with Gasteiger partial charge in [-0.1, -0.05) is 20.3 Å². The number of hydrogen-bond donors (Lipinski definition) is 1. The number of hydrogen-bond acceptors (Lipinski definition) is 3. The van der Waals surface area contributed by atoms with Crippen molar-refractivity contribution < 1.29 is 0 Å². The standard InChI is InChI=1S/C13H18N4/c1-3-10(2)8-17-9-15-7-12(17)11-5-4-6-16-13(11)14/h4-7,9-10H,3,8H2,1-2H3,(H2,14,16). The van der Waals surface area contributed by atoms with Crippen molar-refractivity contribution in [2.75, 3.05) is 5.73 Å². The molecule has 0 saturated heterocycles. The van der Waals surface area contributed by atoms with Crippen LogP contribution in [0.2, 0.25) is 0 Å². The zero-order valence-electron chi connectivity index (χ0n) is 10.3. The number of nitrogen functional groups attached to an aromatic ring is 1. The topological polar surface area (TPSA) is 56.7 Å². The summed E-state index contributed by atoms with van der Waals surface area (Å²) in [6.45, 7) is 5.39. The Labute approximate surface area is 102 Å². The number of pyridine rings is 1. The van der Waals surface area contributed by atoms with Crippen LogP contribution in [0.5, 0.6) is 0 Å². The molecule has 2 aromatic rings. The van der Waals surface area contributed by atoms with Crippen LogP contribution in [0.1, 0.15) is 20.3 Å². The van der Waals surface area contributed by atoms with E-state index in [2.05, 4.69) is 28.4 Å². The van der Waals surface area contributed by atoms with Gasteiger partial charge in [0.1, 0.15) is 5.82 Å². The lowest BCUT2D eigenvalue weighted by molar-refractivity contribution is 0.471. The minimum atomic E-state index is 0.554. The van der Waals surface area contributed by atoms with E-state index >= 15 is 0 Å². The molecule has 17 heavy (non-hydrogen) atoms. The zero-order chi connectivity index (χ0) is 12.3. The van der Waals surface area contributed by atoms with Gasteiger partial charge in [0.15, 0.2) is 0 Å². The molecule has 1 unspecified atom stereocenters. The molecule has 0 bridgehead atoms. The van der Waals surface area contributed by atoms with Crippen LogP contribution in [0.3, 0.4) is 0 Å². The van der Waals surface area contributed by atoms with Crippen molar-refractivity contribution in [3.05, 3.63) is 30.9 Å². The van der Waals surface area contributed by atoms with E-state index in [1.165, 1.54) is 0 Å². The van der Waals surface area contributed by atoms with Crippen LogP contribution in [-0.4, -0.2) is 14.5 Å². The fourth-order valence-corrected chi connectivity index (χ4v) is 1.79. The van der Waals surface area contributed by atoms with Gasteiger partial charge in [-0.3, -0.25) is 0 Å². The molecule has 0 saturated carbocycles. The van der Waals surface area contributed by atoms with Gasteiger partial charge in [0.25, 0.3) is 0 Å². The van der Waals surface area contributed by atoms with E-state index in [4.69, 9.17) is 5.73 Å². The summed E-state index contributed by atoms with van der Waals surface area (Å²) in [5.74, 6) is 1.18. The summed E-state index contributed by atoms with van der Waals surface area (Å²) >= 11 is 0. The normalized spacial score (nSPS) is 12.6. The molecule has 2 rings (SSSR count). The van der Waals surface area contributed by atoms with Crippen LogP contribution in [0, 0.1) is 5.92 Å². The third-order valence-corrected chi connectivity index (χ3v) is 3.03. The maximum atomic E-state index is 5.89. The van der Waals surface area contributed by atoms with Crippen LogP contribution >= 0.6 is 0 Å². The Morgan fingerprint density at radius 1 is 1.47 bits per heavy atom. The first kappa shape index (κ1) is 11.6. The van der Waals surface area contributed by atoms with Crippen LogP contribution < -0.4 is 5.73 Å². The lowest BCUT2D eigenvalue weighted by Crippen LogP contribution is -2.07. The summed E-state index contributed by atoms with van der Waals surface area (Å²) in [6.07, 6.45) is 6.55. The van der Waals surface area contributed by atoms with Crippen molar-refractivity contribution in [2.45, 2.75) is 26.8 Å². The van der Waals surface area contributed by atoms with Gasteiger partial charge in [0.05, 0.1) is 18.2 Å². The lowest BCUT2D eigenvalue weighted by Gasteiger charge is -2.13. The number of nitrogens with two attached hydrogens (primary N) is 1. The third-order valence-electron chi connectivity index (χ3n) is 3.03. The smallest absolute Gasteiger partial charge is 0.132 e. The second kappa shape index (κ2) is 4.99. The van der Waals surface area contributed by atoms with Crippen molar-refractivity contribution in [3.8, 4) is 11.3 Å². The van der Waals surface area contributed by atoms with Crippen molar-refractivity contribution in [3.63, 3.8) is 0 Å². The predicted molar refractivity (Wildman–Crippen MR) is 69.3 cm³/mol. The molecular weight excluding hydrogens is 212 g/mol. The summed E-state index contributed by atoms with van der Waals surface area (Å²) in [4.78, 5) is 8.32. The van der Waals surface area contributed by atoms with Crippen molar-refractivity contribution in [1.29, 1.82) is 0 Å². The molecule has 0 amide bonds. The molecule has 0 radical (unpaired) electrons.